The van der Waals surface area contributed by atoms with Crippen molar-refractivity contribution in [3.8, 4) is 17.2 Å². The van der Waals surface area contributed by atoms with E-state index in [0.29, 0.717) is 11.8 Å². The van der Waals surface area contributed by atoms with Gasteiger partial charge >= 0.3 is 0 Å². The molecule has 0 saturated heterocycles. The summed E-state index contributed by atoms with van der Waals surface area (Å²) in [5.74, 6) is -0.289. The second kappa shape index (κ2) is 6.55. The molecular formula is C17H12Cl2N2O3. The average Bonchev–Trinajstić information content (AvgIpc) is 2.57. The summed E-state index contributed by atoms with van der Waals surface area (Å²) < 4.78 is 0. The van der Waals surface area contributed by atoms with Crippen molar-refractivity contribution in [2.75, 3.05) is 0 Å². The van der Waals surface area contributed by atoms with E-state index in [-0.39, 0.29) is 38.5 Å². The van der Waals surface area contributed by atoms with Crippen LogP contribution in [-0.4, -0.2) is 26.5 Å². The highest BCUT2D eigenvalue weighted by molar-refractivity contribution is 6.37. The van der Waals surface area contributed by atoms with Crippen LogP contribution in [0.1, 0.15) is 5.56 Å². The van der Waals surface area contributed by atoms with Crippen molar-refractivity contribution >= 4 is 46.0 Å². The molecule has 0 aliphatic heterocycles. The molecule has 2 aromatic carbocycles. The number of aromatic nitrogens is 1. The molecule has 5 nitrogen and oxygen atoms in total. The van der Waals surface area contributed by atoms with Gasteiger partial charge in [-0.15, -0.1) is 0 Å². The summed E-state index contributed by atoms with van der Waals surface area (Å²) in [6.45, 7) is 0. The zero-order valence-electron chi connectivity index (χ0n) is 12.2. The number of benzene rings is 2. The SMILES string of the molecule is Oc1c(Cl)cc(CC=Nc2cc(O)c3cccnc3c2O)cc1Cl. The van der Waals surface area contributed by atoms with Crippen LogP contribution in [-0.2, 0) is 6.42 Å². The van der Waals surface area contributed by atoms with Crippen LogP contribution in [0, 0.1) is 0 Å². The van der Waals surface area contributed by atoms with Crippen molar-refractivity contribution in [3.63, 3.8) is 0 Å². The van der Waals surface area contributed by atoms with E-state index < -0.39 is 0 Å². The Morgan fingerprint density at radius 3 is 2.46 bits per heavy atom. The molecule has 7 heteroatoms. The maximum atomic E-state index is 10.2. The summed E-state index contributed by atoms with van der Waals surface area (Å²) in [5, 5.41) is 30.5. The summed E-state index contributed by atoms with van der Waals surface area (Å²) in [5.41, 5.74) is 1.23. The van der Waals surface area contributed by atoms with Crippen molar-refractivity contribution in [2.45, 2.75) is 6.42 Å². The van der Waals surface area contributed by atoms with Gasteiger partial charge in [-0.1, -0.05) is 23.2 Å². The molecule has 0 aliphatic rings. The molecule has 3 N–H and O–H groups in total. The lowest BCUT2D eigenvalue weighted by molar-refractivity contribution is 0.470. The Morgan fingerprint density at radius 1 is 1.04 bits per heavy atom. The quantitative estimate of drug-likeness (QED) is 0.469. The van der Waals surface area contributed by atoms with Gasteiger partial charge in [0.25, 0.3) is 0 Å². The summed E-state index contributed by atoms with van der Waals surface area (Å²) in [4.78, 5) is 8.22. The minimum Gasteiger partial charge on any atom is -0.507 e. The minimum absolute atomic E-state index is 0.0150. The molecule has 0 amide bonds. The largest absolute Gasteiger partial charge is 0.507 e. The minimum atomic E-state index is -0.165. The normalized spacial score (nSPS) is 11.4. The van der Waals surface area contributed by atoms with Crippen molar-refractivity contribution < 1.29 is 15.3 Å². The lowest BCUT2D eigenvalue weighted by atomic mass is 10.1. The third-order valence-corrected chi connectivity index (χ3v) is 4.03. The number of aliphatic imine (C=N–C) groups is 1. The Bertz CT molecular complexity index is 935. The fraction of sp³-hybridized carbons (Fsp3) is 0.0588. The van der Waals surface area contributed by atoms with E-state index in [0.717, 1.165) is 5.56 Å². The molecule has 24 heavy (non-hydrogen) atoms. The van der Waals surface area contributed by atoms with E-state index in [1.54, 1.807) is 30.5 Å². The maximum Gasteiger partial charge on any atom is 0.168 e. The number of hydrogen-bond donors (Lipinski definition) is 3. The second-order valence-electron chi connectivity index (χ2n) is 5.09. The Balaban J connectivity index is 1.90. The van der Waals surface area contributed by atoms with Gasteiger partial charge in [0.1, 0.15) is 17.0 Å². The molecule has 0 saturated carbocycles. The van der Waals surface area contributed by atoms with E-state index in [1.807, 2.05) is 0 Å². The van der Waals surface area contributed by atoms with E-state index >= 15 is 0 Å². The zero-order valence-corrected chi connectivity index (χ0v) is 13.8. The molecule has 0 spiro atoms. The number of rotatable bonds is 3. The Hall–Kier alpha value is -2.50. The van der Waals surface area contributed by atoms with Crippen molar-refractivity contribution in [1.82, 2.24) is 4.98 Å². The molecule has 0 radical (unpaired) electrons. The third-order valence-electron chi connectivity index (χ3n) is 3.46. The van der Waals surface area contributed by atoms with Gasteiger partial charge < -0.3 is 15.3 Å². The van der Waals surface area contributed by atoms with Crippen molar-refractivity contribution in [2.24, 2.45) is 4.99 Å². The van der Waals surface area contributed by atoms with Crippen LogP contribution >= 0.6 is 23.2 Å². The van der Waals surface area contributed by atoms with Crippen LogP contribution in [0.25, 0.3) is 10.9 Å². The highest BCUT2D eigenvalue weighted by atomic mass is 35.5. The molecule has 3 rings (SSSR count). The van der Waals surface area contributed by atoms with Crippen molar-refractivity contribution in [3.05, 3.63) is 52.1 Å². The second-order valence-corrected chi connectivity index (χ2v) is 5.90. The molecule has 122 valence electrons. The van der Waals surface area contributed by atoms with E-state index in [4.69, 9.17) is 23.2 Å². The molecule has 1 aromatic heterocycles. The van der Waals surface area contributed by atoms with E-state index in [1.165, 1.54) is 12.3 Å². The van der Waals surface area contributed by atoms with Gasteiger partial charge in [-0.25, -0.2) is 0 Å². The molecule has 0 bridgehead atoms. The summed E-state index contributed by atoms with van der Waals surface area (Å²) >= 11 is 11.7. The number of halogens is 2. The number of nitrogens with zero attached hydrogens (tertiary/aromatic N) is 2. The van der Waals surface area contributed by atoms with Gasteiger partial charge in [0, 0.05) is 30.3 Å². The van der Waals surface area contributed by atoms with Gasteiger partial charge in [0.05, 0.1) is 10.0 Å². The summed E-state index contributed by atoms with van der Waals surface area (Å²) in [6.07, 6.45) is 3.44. The first kappa shape index (κ1) is 16.4. The smallest absolute Gasteiger partial charge is 0.168 e. The number of aromatic hydroxyl groups is 3. The molecule has 0 fully saturated rings. The van der Waals surface area contributed by atoms with E-state index in [2.05, 4.69) is 9.98 Å². The predicted molar refractivity (Wildman–Crippen MR) is 95.1 cm³/mol. The van der Waals surface area contributed by atoms with Gasteiger partial charge in [0.2, 0.25) is 0 Å². The number of fused-ring (bicyclic) bond motifs is 1. The van der Waals surface area contributed by atoms with Crippen molar-refractivity contribution in [1.29, 1.82) is 0 Å². The number of phenolic OH excluding ortho intramolecular Hbond substituents is 3. The Kier molecular flexibility index (Phi) is 4.46. The van der Waals surface area contributed by atoms with Crippen LogP contribution in [0.4, 0.5) is 5.69 Å². The van der Waals surface area contributed by atoms with Crippen LogP contribution in [0.2, 0.25) is 10.0 Å². The fourth-order valence-electron chi connectivity index (χ4n) is 2.28. The van der Waals surface area contributed by atoms with Gasteiger partial charge in [-0.3, -0.25) is 9.98 Å². The number of hydrogen-bond acceptors (Lipinski definition) is 5. The first-order valence-corrected chi connectivity index (χ1v) is 7.72. The monoisotopic (exact) mass is 362 g/mol. The topological polar surface area (TPSA) is 85.9 Å². The molecular weight excluding hydrogens is 351 g/mol. The first-order valence-electron chi connectivity index (χ1n) is 6.96. The number of pyridine rings is 1. The zero-order chi connectivity index (χ0) is 17.3. The van der Waals surface area contributed by atoms with Gasteiger partial charge in [-0.05, 0) is 29.8 Å². The average molecular weight is 363 g/mol. The highest BCUT2D eigenvalue weighted by Gasteiger charge is 2.11. The van der Waals surface area contributed by atoms with Gasteiger partial charge in [0.15, 0.2) is 11.5 Å². The van der Waals surface area contributed by atoms with Crippen LogP contribution in [0.3, 0.4) is 0 Å². The van der Waals surface area contributed by atoms with Gasteiger partial charge in [-0.2, -0.15) is 0 Å². The number of phenols is 3. The Labute approximate surface area is 147 Å². The molecule has 3 aromatic rings. The van der Waals surface area contributed by atoms with Crippen LogP contribution in [0.5, 0.6) is 17.2 Å². The van der Waals surface area contributed by atoms with Crippen LogP contribution < -0.4 is 0 Å². The van der Waals surface area contributed by atoms with Crippen LogP contribution in [0.15, 0.2) is 41.5 Å². The third kappa shape index (κ3) is 3.09. The molecule has 0 atom stereocenters. The summed E-state index contributed by atoms with van der Waals surface area (Å²) in [6, 6.07) is 7.85. The molecule has 0 aliphatic carbocycles. The lowest BCUT2D eigenvalue weighted by Crippen LogP contribution is -1.87. The summed E-state index contributed by atoms with van der Waals surface area (Å²) in [7, 11) is 0. The molecule has 0 unspecified atom stereocenters. The standard InChI is InChI=1S/C17H12Cl2N2O3/c18-11-6-9(7-12(19)16(11)23)3-5-20-13-8-14(22)10-2-1-4-21-15(10)17(13)24/h1-2,4-8,22-24H,3H2. The van der Waals surface area contributed by atoms with E-state index in [9.17, 15) is 15.3 Å². The maximum absolute atomic E-state index is 10.2. The Morgan fingerprint density at radius 2 is 1.75 bits per heavy atom. The molecule has 1 heterocycles. The lowest BCUT2D eigenvalue weighted by Gasteiger charge is -2.06. The highest BCUT2D eigenvalue weighted by Crippen LogP contribution is 2.39. The first-order chi connectivity index (χ1) is 11.5. The fourth-order valence-corrected chi connectivity index (χ4v) is 2.81. The predicted octanol–water partition coefficient (Wildman–Crippen LogP) is 4.60.